The van der Waals surface area contributed by atoms with E-state index in [9.17, 15) is 4.79 Å². The second-order valence-corrected chi connectivity index (χ2v) is 4.00. The standard InChI is InChI=1S/C10H12ClNO2/c1-10(2,12-9(13)14)7-3-5-8(11)6-4-7/h3-6,12H,1-2H3,(H,13,14). The molecule has 0 aliphatic heterocycles. The van der Waals surface area contributed by atoms with E-state index in [0.717, 1.165) is 5.56 Å². The average molecular weight is 214 g/mol. The van der Waals surface area contributed by atoms with Gasteiger partial charge in [-0.15, -0.1) is 0 Å². The fraction of sp³-hybridized carbons (Fsp3) is 0.300. The van der Waals surface area contributed by atoms with Crippen molar-refractivity contribution in [3.05, 3.63) is 34.9 Å². The zero-order valence-corrected chi connectivity index (χ0v) is 8.80. The normalized spacial score (nSPS) is 11.1. The smallest absolute Gasteiger partial charge is 0.405 e. The third kappa shape index (κ3) is 2.64. The van der Waals surface area contributed by atoms with Crippen molar-refractivity contribution >= 4 is 17.7 Å². The predicted molar refractivity (Wildman–Crippen MR) is 55.6 cm³/mol. The molecular weight excluding hydrogens is 202 g/mol. The molecule has 1 aromatic carbocycles. The predicted octanol–water partition coefficient (Wildman–Crippen LogP) is 2.84. The van der Waals surface area contributed by atoms with E-state index in [4.69, 9.17) is 16.7 Å². The van der Waals surface area contributed by atoms with Crippen molar-refractivity contribution in [1.82, 2.24) is 5.32 Å². The van der Waals surface area contributed by atoms with Crippen LogP contribution in [0.15, 0.2) is 24.3 Å². The Bertz CT molecular complexity index is 332. The largest absolute Gasteiger partial charge is 0.465 e. The molecule has 1 aromatic rings. The zero-order chi connectivity index (χ0) is 10.8. The molecule has 2 N–H and O–H groups in total. The van der Waals surface area contributed by atoms with Gasteiger partial charge in [0.1, 0.15) is 0 Å². The maximum atomic E-state index is 10.5. The van der Waals surface area contributed by atoms with E-state index in [-0.39, 0.29) is 0 Å². The molecule has 0 heterocycles. The summed E-state index contributed by atoms with van der Waals surface area (Å²) in [5.74, 6) is 0. The summed E-state index contributed by atoms with van der Waals surface area (Å²) in [6.07, 6.45) is -1.04. The maximum Gasteiger partial charge on any atom is 0.405 e. The van der Waals surface area contributed by atoms with Crippen LogP contribution in [0, 0.1) is 0 Å². The highest BCUT2D eigenvalue weighted by Gasteiger charge is 2.21. The van der Waals surface area contributed by atoms with Crippen molar-refractivity contribution in [2.24, 2.45) is 0 Å². The Hall–Kier alpha value is -1.22. The zero-order valence-electron chi connectivity index (χ0n) is 8.04. The summed E-state index contributed by atoms with van der Waals surface area (Å²) in [4.78, 5) is 10.5. The van der Waals surface area contributed by atoms with Gasteiger partial charge in [0.15, 0.2) is 0 Å². The van der Waals surface area contributed by atoms with Crippen molar-refractivity contribution < 1.29 is 9.90 Å². The van der Waals surface area contributed by atoms with Crippen LogP contribution < -0.4 is 5.32 Å². The quantitative estimate of drug-likeness (QED) is 0.794. The van der Waals surface area contributed by atoms with E-state index in [2.05, 4.69) is 5.32 Å². The number of benzene rings is 1. The highest BCUT2D eigenvalue weighted by Crippen LogP contribution is 2.21. The minimum Gasteiger partial charge on any atom is -0.465 e. The number of hydrogen-bond acceptors (Lipinski definition) is 1. The van der Waals surface area contributed by atoms with E-state index >= 15 is 0 Å². The third-order valence-corrected chi connectivity index (χ3v) is 2.24. The highest BCUT2D eigenvalue weighted by atomic mass is 35.5. The van der Waals surface area contributed by atoms with Crippen LogP contribution in [0.1, 0.15) is 19.4 Å². The van der Waals surface area contributed by atoms with E-state index in [1.54, 1.807) is 38.1 Å². The van der Waals surface area contributed by atoms with Gasteiger partial charge >= 0.3 is 6.09 Å². The lowest BCUT2D eigenvalue weighted by atomic mass is 9.95. The van der Waals surface area contributed by atoms with Crippen molar-refractivity contribution in [2.75, 3.05) is 0 Å². The lowest BCUT2D eigenvalue weighted by Gasteiger charge is -2.25. The molecule has 0 saturated heterocycles. The topological polar surface area (TPSA) is 49.3 Å². The fourth-order valence-electron chi connectivity index (χ4n) is 1.21. The number of carbonyl (C=O) groups is 1. The summed E-state index contributed by atoms with van der Waals surface area (Å²) in [6.45, 7) is 3.59. The van der Waals surface area contributed by atoms with Crippen LogP contribution in [-0.2, 0) is 5.54 Å². The number of rotatable bonds is 2. The molecule has 1 amide bonds. The summed E-state index contributed by atoms with van der Waals surface area (Å²) < 4.78 is 0. The SMILES string of the molecule is CC(C)(NC(=O)O)c1ccc(Cl)cc1. The molecule has 0 aromatic heterocycles. The monoisotopic (exact) mass is 213 g/mol. The van der Waals surface area contributed by atoms with Crippen molar-refractivity contribution in [1.29, 1.82) is 0 Å². The van der Waals surface area contributed by atoms with Gasteiger partial charge in [0.25, 0.3) is 0 Å². The molecule has 0 aliphatic carbocycles. The van der Waals surface area contributed by atoms with Crippen LogP contribution >= 0.6 is 11.6 Å². The molecule has 0 radical (unpaired) electrons. The first kappa shape index (κ1) is 10.9. The first-order chi connectivity index (χ1) is 6.42. The molecular formula is C10H12ClNO2. The fourth-order valence-corrected chi connectivity index (χ4v) is 1.33. The molecule has 0 aliphatic rings. The molecule has 0 atom stereocenters. The summed E-state index contributed by atoms with van der Waals surface area (Å²) >= 11 is 5.73. The Kier molecular flexibility index (Phi) is 3.01. The molecule has 0 unspecified atom stereocenters. The van der Waals surface area contributed by atoms with Crippen LogP contribution in [0.25, 0.3) is 0 Å². The molecule has 76 valence electrons. The molecule has 14 heavy (non-hydrogen) atoms. The Morgan fingerprint density at radius 3 is 2.29 bits per heavy atom. The van der Waals surface area contributed by atoms with Gasteiger partial charge in [-0.25, -0.2) is 4.79 Å². The molecule has 0 fully saturated rings. The summed E-state index contributed by atoms with van der Waals surface area (Å²) in [5.41, 5.74) is 0.278. The van der Waals surface area contributed by atoms with Crippen LogP contribution in [0.4, 0.5) is 4.79 Å². The first-order valence-electron chi connectivity index (χ1n) is 4.19. The Morgan fingerprint density at radius 2 is 1.86 bits per heavy atom. The number of hydrogen-bond donors (Lipinski definition) is 2. The van der Waals surface area contributed by atoms with Gasteiger partial charge in [-0.2, -0.15) is 0 Å². The Balaban J connectivity index is 2.91. The second-order valence-electron chi connectivity index (χ2n) is 3.56. The number of nitrogens with one attached hydrogen (secondary N) is 1. The van der Waals surface area contributed by atoms with Crippen molar-refractivity contribution in [3.8, 4) is 0 Å². The Labute approximate surface area is 87.7 Å². The molecule has 4 heteroatoms. The molecule has 1 rings (SSSR count). The number of amides is 1. The van der Waals surface area contributed by atoms with Crippen LogP contribution in [0.3, 0.4) is 0 Å². The lowest BCUT2D eigenvalue weighted by molar-refractivity contribution is 0.182. The van der Waals surface area contributed by atoms with Crippen molar-refractivity contribution in [3.63, 3.8) is 0 Å². The van der Waals surface area contributed by atoms with Crippen LogP contribution in [-0.4, -0.2) is 11.2 Å². The van der Waals surface area contributed by atoms with Gasteiger partial charge in [0, 0.05) is 5.02 Å². The van der Waals surface area contributed by atoms with Gasteiger partial charge in [0.05, 0.1) is 5.54 Å². The van der Waals surface area contributed by atoms with Gasteiger partial charge < -0.3 is 10.4 Å². The van der Waals surface area contributed by atoms with E-state index in [1.165, 1.54) is 0 Å². The van der Waals surface area contributed by atoms with Crippen LogP contribution in [0.2, 0.25) is 5.02 Å². The number of halogens is 1. The third-order valence-electron chi connectivity index (χ3n) is 1.99. The molecule has 0 spiro atoms. The van der Waals surface area contributed by atoms with E-state index in [0.29, 0.717) is 5.02 Å². The molecule has 0 bridgehead atoms. The van der Waals surface area contributed by atoms with Gasteiger partial charge in [-0.3, -0.25) is 0 Å². The van der Waals surface area contributed by atoms with Gasteiger partial charge in [-0.1, -0.05) is 23.7 Å². The lowest BCUT2D eigenvalue weighted by Crippen LogP contribution is -2.39. The Morgan fingerprint density at radius 1 is 1.36 bits per heavy atom. The molecule has 0 saturated carbocycles. The van der Waals surface area contributed by atoms with E-state index < -0.39 is 11.6 Å². The molecule has 3 nitrogen and oxygen atoms in total. The van der Waals surface area contributed by atoms with E-state index in [1.807, 2.05) is 0 Å². The van der Waals surface area contributed by atoms with Crippen LogP contribution in [0.5, 0.6) is 0 Å². The second kappa shape index (κ2) is 3.88. The maximum absolute atomic E-state index is 10.5. The summed E-state index contributed by atoms with van der Waals surface area (Å²) in [7, 11) is 0. The number of carboxylic acid groups (broad SMARTS) is 1. The van der Waals surface area contributed by atoms with Gasteiger partial charge in [-0.05, 0) is 31.5 Å². The summed E-state index contributed by atoms with van der Waals surface area (Å²) in [5, 5.41) is 11.7. The minimum absolute atomic E-state index is 0.601. The minimum atomic E-state index is -1.04. The summed E-state index contributed by atoms with van der Waals surface area (Å²) in [6, 6.07) is 7.08. The van der Waals surface area contributed by atoms with Gasteiger partial charge in [0.2, 0.25) is 0 Å². The van der Waals surface area contributed by atoms with Crippen molar-refractivity contribution in [2.45, 2.75) is 19.4 Å². The first-order valence-corrected chi connectivity index (χ1v) is 4.57. The average Bonchev–Trinajstić information content (AvgIpc) is 2.02. The highest BCUT2D eigenvalue weighted by molar-refractivity contribution is 6.30.